The molecule has 1 aromatic carbocycles. The topological polar surface area (TPSA) is 47.9 Å². The lowest BCUT2D eigenvalue weighted by molar-refractivity contribution is 0.0194. The van der Waals surface area contributed by atoms with Gasteiger partial charge in [-0.3, -0.25) is 0 Å². The molecule has 1 aliphatic rings. The highest BCUT2D eigenvalue weighted by molar-refractivity contribution is 7.49. The normalized spacial score (nSPS) is 26.2. The summed E-state index contributed by atoms with van der Waals surface area (Å²) in [6, 6.07) is 9.97. The van der Waals surface area contributed by atoms with Crippen molar-refractivity contribution in [1.29, 1.82) is 0 Å². The second-order valence-electron chi connectivity index (χ2n) is 4.58. The fourth-order valence-electron chi connectivity index (χ4n) is 2.30. The largest absolute Gasteiger partial charge is 0.378 e. The Bertz CT molecular complexity index is 455. The Morgan fingerprint density at radius 2 is 1.95 bits per heavy atom. The van der Waals surface area contributed by atoms with Crippen LogP contribution in [0.15, 0.2) is 41.6 Å². The van der Waals surface area contributed by atoms with Crippen LogP contribution in [0.25, 0.3) is 0 Å². The number of hydrogen-bond donors (Lipinski definition) is 1. The fraction of sp³-hybridized carbons (Fsp3) is 0.500. The highest BCUT2D eigenvalue weighted by Gasteiger charge is 2.36. The Labute approximate surface area is 135 Å². The number of methoxy groups -OCH3 is 1. The van der Waals surface area contributed by atoms with Gasteiger partial charge >= 0.3 is 0 Å². The number of ether oxygens (including phenoxy) is 2. The summed E-state index contributed by atoms with van der Waals surface area (Å²) in [5, 5.41) is 0. The molecule has 0 saturated carbocycles. The van der Waals surface area contributed by atoms with Crippen LogP contribution >= 0.6 is 8.38 Å². The van der Waals surface area contributed by atoms with Crippen LogP contribution in [0.1, 0.15) is 31.9 Å². The Balaban J connectivity index is 0.00000116. The lowest BCUT2D eigenvalue weighted by Crippen LogP contribution is -2.25. The molecular weight excluding hydrogens is 298 g/mol. The van der Waals surface area contributed by atoms with Crippen molar-refractivity contribution in [2.75, 3.05) is 14.2 Å². The van der Waals surface area contributed by atoms with E-state index in [-0.39, 0.29) is 18.3 Å². The summed E-state index contributed by atoms with van der Waals surface area (Å²) in [5.74, 6) is 1.50. The first-order valence-electron chi connectivity index (χ1n) is 7.38. The first-order valence-corrected chi connectivity index (χ1v) is 8.66. The van der Waals surface area contributed by atoms with Crippen molar-refractivity contribution in [2.45, 2.75) is 38.6 Å². The predicted octanol–water partition coefficient (Wildman–Crippen LogP) is 3.52. The summed E-state index contributed by atoms with van der Waals surface area (Å²) in [4.78, 5) is 9.52. The van der Waals surface area contributed by atoms with E-state index in [0.29, 0.717) is 5.47 Å². The monoisotopic (exact) mass is 322 g/mol. The van der Waals surface area contributed by atoms with Gasteiger partial charge in [0.15, 0.2) is 8.38 Å². The van der Waals surface area contributed by atoms with Crippen molar-refractivity contribution in [1.82, 2.24) is 0 Å². The van der Waals surface area contributed by atoms with Crippen molar-refractivity contribution >= 4 is 16.2 Å². The van der Waals surface area contributed by atoms with E-state index in [1.165, 1.54) is 12.9 Å². The van der Waals surface area contributed by atoms with E-state index in [1.807, 2.05) is 44.2 Å². The molecule has 0 aromatic heterocycles. The number of hydrogen-bond acceptors (Lipinski definition) is 4. The van der Waals surface area contributed by atoms with Crippen LogP contribution in [0.3, 0.4) is 0 Å². The lowest BCUT2D eigenvalue weighted by atomic mass is 9.89. The van der Waals surface area contributed by atoms with Crippen LogP contribution in [0.5, 0.6) is 0 Å². The predicted molar refractivity (Wildman–Crippen MR) is 90.8 cm³/mol. The van der Waals surface area contributed by atoms with Crippen LogP contribution in [-0.4, -0.2) is 39.2 Å². The quantitative estimate of drug-likeness (QED) is 0.666. The van der Waals surface area contributed by atoms with Crippen molar-refractivity contribution in [2.24, 2.45) is 0 Å². The molecule has 0 amide bonds. The summed E-state index contributed by atoms with van der Waals surface area (Å²) in [7, 11) is 7.42. The maximum absolute atomic E-state index is 9.52. The fourth-order valence-corrected chi connectivity index (χ4v) is 2.81. The van der Waals surface area contributed by atoms with E-state index in [2.05, 4.69) is 0 Å². The van der Waals surface area contributed by atoms with Gasteiger partial charge in [-0.1, -0.05) is 49.7 Å². The molecule has 1 aliphatic heterocycles. The molecule has 1 N–H and O–H groups in total. The summed E-state index contributed by atoms with van der Waals surface area (Å²) in [5.41, 5.74) is 1.55. The first kappa shape index (κ1) is 19.3. The van der Waals surface area contributed by atoms with E-state index >= 15 is 0 Å². The third kappa shape index (κ3) is 5.18. The maximum Gasteiger partial charge on any atom is 0.193 e. The second kappa shape index (κ2) is 10.1. The SMILES string of the molecule is CC.[B]/C(=C\P(O)OC)C1OC(c2ccccc2)C[C@@H]1OC. The minimum absolute atomic E-state index is 0.0504. The summed E-state index contributed by atoms with van der Waals surface area (Å²) >= 11 is 0. The lowest BCUT2D eigenvalue weighted by Gasteiger charge is -2.19. The van der Waals surface area contributed by atoms with Gasteiger partial charge in [0.1, 0.15) is 7.85 Å². The van der Waals surface area contributed by atoms with Crippen LogP contribution < -0.4 is 0 Å². The van der Waals surface area contributed by atoms with Crippen molar-refractivity contribution in [3.8, 4) is 0 Å². The highest BCUT2D eigenvalue weighted by Crippen LogP contribution is 2.40. The molecule has 22 heavy (non-hydrogen) atoms. The molecular formula is C16H24BO4P. The average Bonchev–Trinajstić information content (AvgIpc) is 3.02. The highest BCUT2D eigenvalue weighted by atomic mass is 31.2. The van der Waals surface area contributed by atoms with Gasteiger partial charge in [-0.05, 0) is 11.4 Å². The number of benzene rings is 1. The van der Waals surface area contributed by atoms with Gasteiger partial charge in [-0.25, -0.2) is 0 Å². The van der Waals surface area contributed by atoms with E-state index in [4.69, 9.17) is 21.8 Å². The molecule has 1 heterocycles. The standard InChI is InChI=1S/C14H18BO4P.C2H6/c1-17-13-8-12(10-6-4-3-5-7-10)19-14(13)11(15)9-20(16)18-2;1-2/h3-7,9,12-14,16H,8H2,1-2H3;1-2H3/b11-9-;/t12?,13-,14?,20?;/m0./s1. The van der Waals surface area contributed by atoms with Crippen molar-refractivity contribution in [3.05, 3.63) is 47.2 Å². The van der Waals surface area contributed by atoms with Crippen LogP contribution in [0, 0.1) is 0 Å². The van der Waals surface area contributed by atoms with Crippen LogP contribution in [-0.2, 0) is 14.0 Å². The zero-order valence-corrected chi connectivity index (χ0v) is 14.5. The number of rotatable bonds is 5. The summed E-state index contributed by atoms with van der Waals surface area (Å²) in [6.07, 6.45) is 0.190. The van der Waals surface area contributed by atoms with E-state index in [1.54, 1.807) is 7.11 Å². The smallest absolute Gasteiger partial charge is 0.193 e. The zero-order valence-electron chi connectivity index (χ0n) is 13.6. The molecule has 4 atom stereocenters. The molecule has 0 aliphatic carbocycles. The van der Waals surface area contributed by atoms with Gasteiger partial charge in [-0.15, -0.1) is 0 Å². The Kier molecular flexibility index (Phi) is 8.92. The Morgan fingerprint density at radius 3 is 2.50 bits per heavy atom. The minimum atomic E-state index is -1.65. The zero-order chi connectivity index (χ0) is 16.5. The summed E-state index contributed by atoms with van der Waals surface area (Å²) in [6.45, 7) is 4.00. The molecule has 1 saturated heterocycles. The summed E-state index contributed by atoms with van der Waals surface area (Å²) < 4.78 is 16.3. The van der Waals surface area contributed by atoms with Gasteiger partial charge in [0.25, 0.3) is 0 Å². The molecule has 120 valence electrons. The van der Waals surface area contributed by atoms with E-state index < -0.39 is 8.38 Å². The van der Waals surface area contributed by atoms with E-state index in [9.17, 15) is 4.89 Å². The van der Waals surface area contributed by atoms with Crippen LogP contribution in [0.4, 0.5) is 0 Å². The third-order valence-electron chi connectivity index (χ3n) is 3.34. The van der Waals surface area contributed by atoms with Gasteiger partial charge in [0.05, 0.1) is 18.3 Å². The van der Waals surface area contributed by atoms with Gasteiger partial charge in [0, 0.05) is 20.6 Å². The van der Waals surface area contributed by atoms with Crippen molar-refractivity contribution < 1.29 is 18.9 Å². The van der Waals surface area contributed by atoms with E-state index in [0.717, 1.165) is 12.0 Å². The van der Waals surface area contributed by atoms with Crippen molar-refractivity contribution in [3.63, 3.8) is 0 Å². The molecule has 6 heteroatoms. The molecule has 1 fully saturated rings. The molecule has 2 rings (SSSR count). The Hall–Kier alpha value is -0.705. The molecule has 0 spiro atoms. The molecule has 1 aromatic rings. The van der Waals surface area contributed by atoms with Gasteiger partial charge in [-0.2, -0.15) is 0 Å². The molecule has 3 unspecified atom stereocenters. The maximum atomic E-state index is 9.52. The minimum Gasteiger partial charge on any atom is -0.378 e. The van der Waals surface area contributed by atoms with Gasteiger partial charge < -0.3 is 18.9 Å². The molecule has 2 radical (unpaired) electrons. The average molecular weight is 322 g/mol. The Morgan fingerprint density at radius 1 is 1.32 bits per heavy atom. The van der Waals surface area contributed by atoms with Crippen LogP contribution in [0.2, 0.25) is 0 Å². The third-order valence-corrected chi connectivity index (χ3v) is 4.24. The first-order chi connectivity index (χ1) is 10.7. The molecule has 4 nitrogen and oxygen atoms in total. The van der Waals surface area contributed by atoms with Gasteiger partial charge in [0.2, 0.25) is 0 Å². The molecule has 0 bridgehead atoms. The second-order valence-corrected chi connectivity index (χ2v) is 5.81.